The second-order valence-electron chi connectivity index (χ2n) is 5.95. The highest BCUT2D eigenvalue weighted by Crippen LogP contribution is 2.25. The Hall–Kier alpha value is -1.08. The highest BCUT2D eigenvalue weighted by Gasteiger charge is 2.28. The van der Waals surface area contributed by atoms with Gasteiger partial charge in [0.25, 0.3) is 0 Å². The van der Waals surface area contributed by atoms with Crippen molar-refractivity contribution in [3.8, 4) is 6.07 Å². The van der Waals surface area contributed by atoms with E-state index in [0.717, 1.165) is 38.6 Å². The number of nitrogens with one attached hydrogen (secondary N) is 1. The Morgan fingerprint density at radius 1 is 1.44 bits per heavy atom. The first kappa shape index (κ1) is 15.0. The molecule has 3 N–H and O–H groups in total. The number of nitrogens with two attached hydrogens (primary N) is 1. The first-order valence-electron chi connectivity index (χ1n) is 6.90. The van der Waals surface area contributed by atoms with Crippen LogP contribution in [0.25, 0.3) is 0 Å². The van der Waals surface area contributed by atoms with E-state index in [0.29, 0.717) is 0 Å². The zero-order chi connectivity index (χ0) is 13.6. The van der Waals surface area contributed by atoms with E-state index in [1.165, 1.54) is 6.42 Å². The molecule has 18 heavy (non-hydrogen) atoms. The highest BCUT2D eigenvalue weighted by molar-refractivity contribution is 5.77. The zero-order valence-electron chi connectivity index (χ0n) is 11.5. The smallest absolute Gasteiger partial charge is 0.222 e. The quantitative estimate of drug-likeness (QED) is 0.708. The number of hydrogen-bond donors (Lipinski definition) is 2. The van der Waals surface area contributed by atoms with Gasteiger partial charge >= 0.3 is 0 Å². The second-order valence-corrected chi connectivity index (χ2v) is 5.95. The normalized spacial score (nSPS) is 24.5. The van der Waals surface area contributed by atoms with Gasteiger partial charge in [0, 0.05) is 6.04 Å². The number of carbonyl (C=O) groups excluding carboxylic acids is 1. The van der Waals surface area contributed by atoms with E-state index in [-0.39, 0.29) is 23.3 Å². The predicted molar refractivity (Wildman–Crippen MR) is 71.6 cm³/mol. The van der Waals surface area contributed by atoms with Gasteiger partial charge in [0.1, 0.15) is 0 Å². The lowest BCUT2D eigenvalue weighted by atomic mass is 9.83. The summed E-state index contributed by atoms with van der Waals surface area (Å²) in [5, 5.41) is 12.4. The van der Waals surface area contributed by atoms with Crippen molar-refractivity contribution in [3.05, 3.63) is 0 Å². The van der Waals surface area contributed by atoms with Crippen LogP contribution in [-0.2, 0) is 4.79 Å². The van der Waals surface area contributed by atoms with Crippen LogP contribution >= 0.6 is 0 Å². The van der Waals surface area contributed by atoms with Crippen molar-refractivity contribution < 1.29 is 4.79 Å². The average Bonchev–Trinajstić information content (AvgIpc) is 2.35. The van der Waals surface area contributed by atoms with Crippen LogP contribution in [0.2, 0.25) is 0 Å². The molecule has 0 aromatic heterocycles. The van der Waals surface area contributed by atoms with Crippen molar-refractivity contribution in [2.24, 2.45) is 17.1 Å². The first-order chi connectivity index (χ1) is 8.46. The van der Waals surface area contributed by atoms with Crippen molar-refractivity contribution in [1.29, 1.82) is 5.26 Å². The van der Waals surface area contributed by atoms with Gasteiger partial charge in [-0.2, -0.15) is 5.26 Å². The molecule has 1 aliphatic carbocycles. The van der Waals surface area contributed by atoms with E-state index in [1.807, 2.05) is 13.8 Å². The molecule has 4 heteroatoms. The number of nitriles is 1. The van der Waals surface area contributed by atoms with Gasteiger partial charge in [0.2, 0.25) is 5.91 Å². The van der Waals surface area contributed by atoms with Gasteiger partial charge in [-0.3, -0.25) is 4.79 Å². The lowest BCUT2D eigenvalue weighted by molar-refractivity contribution is -0.123. The van der Waals surface area contributed by atoms with Gasteiger partial charge in [-0.05, 0) is 46.1 Å². The molecule has 1 fully saturated rings. The summed E-state index contributed by atoms with van der Waals surface area (Å²) < 4.78 is 0. The topological polar surface area (TPSA) is 78.9 Å². The molecule has 0 unspecified atom stereocenters. The minimum atomic E-state index is -0.253. The van der Waals surface area contributed by atoms with Crippen molar-refractivity contribution in [2.45, 2.75) is 58.4 Å². The molecule has 1 amide bonds. The first-order valence-corrected chi connectivity index (χ1v) is 6.90. The molecule has 2 atom stereocenters. The van der Waals surface area contributed by atoms with E-state index >= 15 is 0 Å². The molecule has 0 bridgehead atoms. The van der Waals surface area contributed by atoms with Crippen LogP contribution in [0.5, 0.6) is 0 Å². The van der Waals surface area contributed by atoms with Crippen molar-refractivity contribution in [1.82, 2.24) is 5.32 Å². The molecule has 0 aromatic carbocycles. The van der Waals surface area contributed by atoms with E-state index in [4.69, 9.17) is 11.0 Å². The summed E-state index contributed by atoms with van der Waals surface area (Å²) in [6.07, 6.45) is 6.07. The Balaban J connectivity index is 2.29. The fourth-order valence-electron chi connectivity index (χ4n) is 2.59. The Labute approximate surface area is 110 Å². The Morgan fingerprint density at radius 3 is 2.72 bits per heavy atom. The summed E-state index contributed by atoms with van der Waals surface area (Å²) in [5.74, 6) is -0.188. The molecule has 0 aliphatic heterocycles. The maximum absolute atomic E-state index is 11.3. The van der Waals surface area contributed by atoms with Gasteiger partial charge in [0.15, 0.2) is 0 Å². The molecule has 1 rings (SSSR count). The predicted octanol–water partition coefficient (Wildman–Crippen LogP) is 1.95. The van der Waals surface area contributed by atoms with Crippen LogP contribution < -0.4 is 11.1 Å². The van der Waals surface area contributed by atoms with E-state index in [9.17, 15) is 4.79 Å². The summed E-state index contributed by atoms with van der Waals surface area (Å²) >= 11 is 0. The second kappa shape index (κ2) is 6.75. The molecule has 0 aromatic rings. The van der Waals surface area contributed by atoms with E-state index < -0.39 is 0 Å². The third-order valence-electron chi connectivity index (χ3n) is 3.82. The maximum atomic E-state index is 11.3. The molecular formula is C14H25N3O. The SMILES string of the molecule is CC(C)(C#N)CCCN[C@@H]1CCCC[C@H]1C(N)=O. The van der Waals surface area contributed by atoms with Crippen molar-refractivity contribution in [2.75, 3.05) is 6.54 Å². The lowest BCUT2D eigenvalue weighted by Gasteiger charge is -2.30. The molecular weight excluding hydrogens is 226 g/mol. The number of amides is 1. The Bertz CT molecular complexity index is 319. The highest BCUT2D eigenvalue weighted by atomic mass is 16.1. The molecule has 4 nitrogen and oxygen atoms in total. The number of carbonyl (C=O) groups is 1. The molecule has 0 radical (unpaired) electrons. The monoisotopic (exact) mass is 251 g/mol. The van der Waals surface area contributed by atoms with Gasteiger partial charge < -0.3 is 11.1 Å². The van der Waals surface area contributed by atoms with Crippen molar-refractivity contribution >= 4 is 5.91 Å². The fourth-order valence-corrected chi connectivity index (χ4v) is 2.59. The molecule has 0 heterocycles. The Kier molecular flexibility index (Phi) is 5.61. The minimum absolute atomic E-state index is 0.0114. The number of rotatable bonds is 6. The zero-order valence-corrected chi connectivity index (χ0v) is 11.5. The third kappa shape index (κ3) is 4.66. The molecule has 1 saturated carbocycles. The summed E-state index contributed by atoms with van der Waals surface area (Å²) in [6.45, 7) is 4.78. The maximum Gasteiger partial charge on any atom is 0.222 e. The van der Waals surface area contributed by atoms with E-state index in [2.05, 4.69) is 11.4 Å². The number of hydrogen-bond acceptors (Lipinski definition) is 3. The average molecular weight is 251 g/mol. The summed E-state index contributed by atoms with van der Waals surface area (Å²) in [7, 11) is 0. The number of nitrogens with zero attached hydrogens (tertiary/aromatic N) is 1. The van der Waals surface area contributed by atoms with Crippen LogP contribution in [0, 0.1) is 22.7 Å². The fraction of sp³-hybridized carbons (Fsp3) is 0.857. The van der Waals surface area contributed by atoms with E-state index in [1.54, 1.807) is 0 Å². The van der Waals surface area contributed by atoms with Crippen molar-refractivity contribution in [3.63, 3.8) is 0 Å². The molecule has 1 aliphatic rings. The van der Waals surface area contributed by atoms with Gasteiger partial charge in [-0.25, -0.2) is 0 Å². The largest absolute Gasteiger partial charge is 0.369 e. The Morgan fingerprint density at radius 2 is 2.11 bits per heavy atom. The molecule has 102 valence electrons. The van der Waals surface area contributed by atoms with Gasteiger partial charge in [-0.1, -0.05) is 12.8 Å². The standard InChI is InChI=1S/C14H25N3O/c1-14(2,10-15)8-5-9-17-12-7-4-3-6-11(12)13(16)18/h11-12,17H,3-9H2,1-2H3,(H2,16,18)/t11-,12-/m1/s1. The lowest BCUT2D eigenvalue weighted by Crippen LogP contribution is -2.45. The summed E-state index contributed by atoms with van der Waals surface area (Å²) in [5.41, 5.74) is 5.18. The van der Waals surface area contributed by atoms with Crippen LogP contribution in [0.3, 0.4) is 0 Å². The van der Waals surface area contributed by atoms with Crippen LogP contribution in [0.4, 0.5) is 0 Å². The van der Waals surface area contributed by atoms with Gasteiger partial charge in [-0.15, -0.1) is 0 Å². The summed E-state index contributed by atoms with van der Waals surface area (Å²) in [4.78, 5) is 11.3. The third-order valence-corrected chi connectivity index (χ3v) is 3.82. The molecule has 0 saturated heterocycles. The minimum Gasteiger partial charge on any atom is -0.369 e. The number of primary amides is 1. The van der Waals surface area contributed by atoms with Crippen LogP contribution in [-0.4, -0.2) is 18.5 Å². The van der Waals surface area contributed by atoms with Gasteiger partial charge in [0.05, 0.1) is 17.4 Å². The molecule has 0 spiro atoms. The summed E-state index contributed by atoms with van der Waals surface area (Å²) in [6, 6.07) is 2.54. The van der Waals surface area contributed by atoms with Crippen LogP contribution in [0.1, 0.15) is 52.4 Å². The van der Waals surface area contributed by atoms with Crippen LogP contribution in [0.15, 0.2) is 0 Å².